The van der Waals surface area contributed by atoms with Crippen molar-refractivity contribution in [3.05, 3.63) is 35.7 Å². The summed E-state index contributed by atoms with van der Waals surface area (Å²) in [6.07, 6.45) is 0.188. The summed E-state index contributed by atoms with van der Waals surface area (Å²) in [5.41, 5.74) is 1.16. The molecule has 0 unspecified atom stereocenters. The van der Waals surface area contributed by atoms with Crippen LogP contribution in [-0.2, 0) is 13.1 Å². The van der Waals surface area contributed by atoms with Gasteiger partial charge in [-0.2, -0.15) is 5.21 Å². The zero-order valence-corrected chi connectivity index (χ0v) is 10.6. The smallest absolute Gasteiger partial charge is 0.188 e. The Kier molecular flexibility index (Phi) is 4.25. The highest BCUT2D eigenvalue weighted by atomic mass is 16.5. The summed E-state index contributed by atoms with van der Waals surface area (Å²) in [4.78, 5) is 0. The lowest BCUT2D eigenvalue weighted by Crippen LogP contribution is -2.14. The number of nitrogens with one attached hydrogen (secondary N) is 2. The van der Waals surface area contributed by atoms with Gasteiger partial charge < -0.3 is 10.1 Å². The van der Waals surface area contributed by atoms with Gasteiger partial charge in [-0.1, -0.05) is 17.3 Å². The molecular formula is C12H17N5O. The van der Waals surface area contributed by atoms with E-state index in [1.165, 1.54) is 0 Å². The van der Waals surface area contributed by atoms with Crippen LogP contribution in [0.4, 0.5) is 0 Å². The van der Waals surface area contributed by atoms with Gasteiger partial charge in [0.05, 0.1) is 12.6 Å². The number of hydrogen-bond donors (Lipinski definition) is 2. The van der Waals surface area contributed by atoms with E-state index in [4.69, 9.17) is 4.74 Å². The normalized spacial score (nSPS) is 10.8. The molecule has 1 aromatic heterocycles. The van der Waals surface area contributed by atoms with Crippen molar-refractivity contribution >= 4 is 0 Å². The molecule has 1 aromatic carbocycles. The third-order valence-corrected chi connectivity index (χ3v) is 2.27. The lowest BCUT2D eigenvalue weighted by atomic mass is 10.2. The van der Waals surface area contributed by atoms with Gasteiger partial charge in [0.15, 0.2) is 5.82 Å². The quantitative estimate of drug-likeness (QED) is 0.804. The summed E-state index contributed by atoms with van der Waals surface area (Å²) in [5.74, 6) is 1.55. The Balaban J connectivity index is 1.85. The first-order chi connectivity index (χ1) is 8.74. The summed E-state index contributed by atoms with van der Waals surface area (Å²) in [6.45, 7) is 5.36. The minimum atomic E-state index is 0.188. The third-order valence-electron chi connectivity index (χ3n) is 2.27. The molecule has 0 aliphatic rings. The SMILES string of the molecule is CC(C)Oc1cccc(CNCc2nn[nH]n2)c1. The Bertz CT molecular complexity index is 469. The van der Waals surface area contributed by atoms with Crippen molar-refractivity contribution in [2.45, 2.75) is 33.0 Å². The number of H-pyrrole nitrogens is 1. The minimum absolute atomic E-state index is 0.188. The fraction of sp³-hybridized carbons (Fsp3) is 0.417. The Morgan fingerprint density at radius 2 is 2.22 bits per heavy atom. The van der Waals surface area contributed by atoms with Crippen LogP contribution in [-0.4, -0.2) is 26.7 Å². The molecule has 0 fully saturated rings. The van der Waals surface area contributed by atoms with Crippen LogP contribution in [0.2, 0.25) is 0 Å². The first-order valence-corrected chi connectivity index (χ1v) is 5.92. The van der Waals surface area contributed by atoms with Gasteiger partial charge in [0.1, 0.15) is 5.75 Å². The van der Waals surface area contributed by atoms with Crippen LogP contribution in [0.15, 0.2) is 24.3 Å². The molecule has 1 heterocycles. The zero-order valence-electron chi connectivity index (χ0n) is 10.6. The molecule has 18 heavy (non-hydrogen) atoms. The van der Waals surface area contributed by atoms with Gasteiger partial charge in [0.2, 0.25) is 0 Å². The van der Waals surface area contributed by atoms with Crippen molar-refractivity contribution in [3.8, 4) is 5.75 Å². The van der Waals surface area contributed by atoms with Gasteiger partial charge in [0.25, 0.3) is 0 Å². The van der Waals surface area contributed by atoms with E-state index in [-0.39, 0.29) is 6.10 Å². The lowest BCUT2D eigenvalue weighted by molar-refractivity contribution is 0.242. The van der Waals surface area contributed by atoms with Crippen molar-refractivity contribution in [2.75, 3.05) is 0 Å². The molecular weight excluding hydrogens is 230 g/mol. The maximum atomic E-state index is 5.64. The Hall–Kier alpha value is -1.95. The largest absolute Gasteiger partial charge is 0.491 e. The maximum Gasteiger partial charge on any atom is 0.188 e. The Morgan fingerprint density at radius 3 is 2.94 bits per heavy atom. The van der Waals surface area contributed by atoms with E-state index in [1.54, 1.807) is 0 Å². The average molecular weight is 247 g/mol. The molecule has 96 valence electrons. The number of nitrogens with zero attached hydrogens (tertiary/aromatic N) is 3. The molecule has 0 amide bonds. The predicted molar refractivity (Wildman–Crippen MR) is 66.9 cm³/mol. The first kappa shape index (κ1) is 12.5. The molecule has 6 heteroatoms. The van der Waals surface area contributed by atoms with Crippen molar-refractivity contribution in [2.24, 2.45) is 0 Å². The van der Waals surface area contributed by atoms with E-state index < -0.39 is 0 Å². The molecule has 0 spiro atoms. The van der Waals surface area contributed by atoms with Gasteiger partial charge >= 0.3 is 0 Å². The van der Waals surface area contributed by atoms with Crippen molar-refractivity contribution in [3.63, 3.8) is 0 Å². The van der Waals surface area contributed by atoms with E-state index >= 15 is 0 Å². The molecule has 6 nitrogen and oxygen atoms in total. The fourth-order valence-corrected chi connectivity index (χ4v) is 1.58. The number of aromatic amines is 1. The van der Waals surface area contributed by atoms with E-state index in [0.29, 0.717) is 12.4 Å². The summed E-state index contributed by atoms with van der Waals surface area (Å²) >= 11 is 0. The molecule has 0 saturated heterocycles. The number of tetrazole rings is 1. The molecule has 0 saturated carbocycles. The van der Waals surface area contributed by atoms with Crippen LogP contribution in [0, 0.1) is 0 Å². The molecule has 2 rings (SSSR count). The van der Waals surface area contributed by atoms with Crippen LogP contribution in [0.25, 0.3) is 0 Å². The molecule has 2 aromatic rings. The van der Waals surface area contributed by atoms with E-state index in [1.807, 2.05) is 32.0 Å². The van der Waals surface area contributed by atoms with E-state index in [0.717, 1.165) is 17.9 Å². The molecule has 0 aliphatic heterocycles. The molecule has 0 aliphatic carbocycles. The third kappa shape index (κ3) is 3.81. The van der Waals surface area contributed by atoms with Gasteiger partial charge in [-0.25, -0.2) is 0 Å². The monoisotopic (exact) mass is 247 g/mol. The van der Waals surface area contributed by atoms with Gasteiger partial charge in [-0.3, -0.25) is 0 Å². The second kappa shape index (κ2) is 6.11. The minimum Gasteiger partial charge on any atom is -0.491 e. The summed E-state index contributed by atoms with van der Waals surface area (Å²) < 4.78 is 5.64. The molecule has 0 radical (unpaired) electrons. The van der Waals surface area contributed by atoms with Crippen LogP contribution in [0.1, 0.15) is 25.2 Å². The summed E-state index contributed by atoms with van der Waals surface area (Å²) in [5, 5.41) is 16.9. The number of benzene rings is 1. The Morgan fingerprint density at radius 1 is 1.33 bits per heavy atom. The number of rotatable bonds is 6. The first-order valence-electron chi connectivity index (χ1n) is 5.92. The topological polar surface area (TPSA) is 75.7 Å². The van der Waals surface area contributed by atoms with Gasteiger partial charge in [-0.05, 0) is 31.5 Å². The number of aromatic nitrogens is 4. The van der Waals surface area contributed by atoms with Crippen molar-refractivity contribution < 1.29 is 4.74 Å². The average Bonchev–Trinajstić information content (AvgIpc) is 2.82. The van der Waals surface area contributed by atoms with Crippen molar-refractivity contribution in [1.82, 2.24) is 25.9 Å². The second-order valence-corrected chi connectivity index (χ2v) is 4.25. The Labute approximate surface area is 106 Å². The molecule has 2 N–H and O–H groups in total. The molecule has 0 atom stereocenters. The van der Waals surface area contributed by atoms with Crippen LogP contribution >= 0.6 is 0 Å². The van der Waals surface area contributed by atoms with E-state index in [9.17, 15) is 0 Å². The van der Waals surface area contributed by atoms with Gasteiger partial charge in [-0.15, -0.1) is 10.2 Å². The maximum absolute atomic E-state index is 5.64. The fourth-order valence-electron chi connectivity index (χ4n) is 1.58. The highest BCUT2D eigenvalue weighted by Gasteiger charge is 2.01. The van der Waals surface area contributed by atoms with Gasteiger partial charge in [0, 0.05) is 6.54 Å². The number of ether oxygens (including phenoxy) is 1. The lowest BCUT2D eigenvalue weighted by Gasteiger charge is -2.11. The highest BCUT2D eigenvalue weighted by Crippen LogP contribution is 2.14. The standard InChI is InChI=1S/C12H17N5O/c1-9(2)18-11-5-3-4-10(6-11)7-13-8-12-14-16-17-15-12/h3-6,9,13H,7-8H2,1-2H3,(H,14,15,16,17). The highest BCUT2D eigenvalue weighted by molar-refractivity contribution is 5.28. The second-order valence-electron chi connectivity index (χ2n) is 4.25. The van der Waals surface area contributed by atoms with E-state index in [2.05, 4.69) is 32.0 Å². The summed E-state index contributed by atoms with van der Waals surface area (Å²) in [6, 6.07) is 8.03. The number of hydrogen-bond acceptors (Lipinski definition) is 5. The predicted octanol–water partition coefficient (Wildman–Crippen LogP) is 1.28. The van der Waals surface area contributed by atoms with Crippen LogP contribution < -0.4 is 10.1 Å². The molecule has 0 bridgehead atoms. The van der Waals surface area contributed by atoms with Crippen molar-refractivity contribution in [1.29, 1.82) is 0 Å². The van der Waals surface area contributed by atoms with Crippen LogP contribution in [0.5, 0.6) is 5.75 Å². The van der Waals surface area contributed by atoms with Crippen LogP contribution in [0.3, 0.4) is 0 Å². The zero-order chi connectivity index (χ0) is 12.8. The summed E-state index contributed by atoms with van der Waals surface area (Å²) in [7, 11) is 0.